The third-order valence-electron chi connectivity index (χ3n) is 4.39. The average Bonchev–Trinajstić information content (AvgIpc) is 3.37. The first-order valence-electron chi connectivity index (χ1n) is 8.71. The molecule has 0 radical (unpaired) electrons. The van der Waals surface area contributed by atoms with Crippen molar-refractivity contribution in [2.45, 2.75) is 37.1 Å². The Bertz CT molecular complexity index is 902. The SMILES string of the molecule is CC(O)CN1CC(N)=CC(S(=O)(=O)c2ccc(OC(F)(F)F)cc2)=C1C1CC1. The Hall–Kier alpha value is -2.20. The average molecular weight is 418 g/mol. The summed E-state index contributed by atoms with van der Waals surface area (Å²) in [5.41, 5.74) is 6.87. The van der Waals surface area contributed by atoms with Gasteiger partial charge in [0.1, 0.15) is 5.75 Å². The molecule has 0 aromatic heterocycles. The van der Waals surface area contributed by atoms with Crippen molar-refractivity contribution in [3.8, 4) is 5.75 Å². The Kier molecular flexibility index (Phi) is 5.37. The lowest BCUT2D eigenvalue weighted by molar-refractivity contribution is -0.274. The molecular weight excluding hydrogens is 397 g/mol. The quantitative estimate of drug-likeness (QED) is 0.738. The van der Waals surface area contributed by atoms with E-state index in [1.54, 1.807) is 11.8 Å². The predicted molar refractivity (Wildman–Crippen MR) is 95.6 cm³/mol. The van der Waals surface area contributed by atoms with Crippen LogP contribution in [-0.4, -0.2) is 44.0 Å². The molecule has 2 aliphatic rings. The summed E-state index contributed by atoms with van der Waals surface area (Å²) in [6.07, 6.45) is -2.47. The molecular formula is C18H21F3N2O4S. The molecule has 1 aromatic carbocycles. The number of sulfone groups is 1. The Balaban J connectivity index is 2.00. The van der Waals surface area contributed by atoms with Gasteiger partial charge in [0.05, 0.1) is 22.4 Å². The number of nitrogens with zero attached hydrogens (tertiary/aromatic N) is 1. The van der Waals surface area contributed by atoms with Crippen LogP contribution in [0.15, 0.2) is 51.5 Å². The molecule has 1 aliphatic carbocycles. The highest BCUT2D eigenvalue weighted by molar-refractivity contribution is 7.95. The summed E-state index contributed by atoms with van der Waals surface area (Å²) in [6, 6.07) is 4.07. The molecule has 10 heteroatoms. The van der Waals surface area contributed by atoms with Gasteiger partial charge in [-0.1, -0.05) is 0 Å². The van der Waals surface area contributed by atoms with Crippen molar-refractivity contribution >= 4 is 9.84 Å². The summed E-state index contributed by atoms with van der Waals surface area (Å²) in [5, 5.41) is 9.76. The van der Waals surface area contributed by atoms with Gasteiger partial charge in [0.15, 0.2) is 0 Å². The second-order valence-electron chi connectivity index (χ2n) is 7.00. The zero-order chi connectivity index (χ0) is 20.7. The highest BCUT2D eigenvalue weighted by Gasteiger charge is 2.38. The van der Waals surface area contributed by atoms with E-state index in [9.17, 15) is 26.7 Å². The Morgan fingerprint density at radius 1 is 1.29 bits per heavy atom. The number of nitrogens with two attached hydrogens (primary N) is 1. The summed E-state index contributed by atoms with van der Waals surface area (Å²) >= 11 is 0. The number of allylic oxidation sites excluding steroid dienone is 2. The maximum Gasteiger partial charge on any atom is 0.573 e. The predicted octanol–water partition coefficient (Wildman–Crippen LogP) is 2.52. The van der Waals surface area contributed by atoms with Crippen LogP contribution in [0.2, 0.25) is 0 Å². The number of alkyl halides is 3. The molecule has 1 saturated carbocycles. The smallest absolute Gasteiger partial charge is 0.406 e. The molecule has 1 fully saturated rings. The van der Waals surface area contributed by atoms with Crippen LogP contribution in [0.25, 0.3) is 0 Å². The lowest BCUT2D eigenvalue weighted by Gasteiger charge is -2.33. The third kappa shape index (κ3) is 4.61. The molecule has 0 saturated heterocycles. The first-order chi connectivity index (χ1) is 13.0. The minimum absolute atomic E-state index is 0.0314. The first-order valence-corrected chi connectivity index (χ1v) is 10.2. The molecule has 0 bridgehead atoms. The van der Waals surface area contributed by atoms with Crippen LogP contribution in [0.5, 0.6) is 5.75 Å². The first kappa shape index (κ1) is 20.5. The monoisotopic (exact) mass is 418 g/mol. The number of aliphatic hydroxyl groups is 1. The summed E-state index contributed by atoms with van der Waals surface area (Å²) in [5.74, 6) is -0.446. The van der Waals surface area contributed by atoms with E-state index in [1.807, 2.05) is 0 Å². The van der Waals surface area contributed by atoms with E-state index in [2.05, 4.69) is 4.74 Å². The van der Waals surface area contributed by atoms with Crippen molar-refractivity contribution in [2.24, 2.45) is 11.7 Å². The Labute approximate surface area is 161 Å². The molecule has 3 N–H and O–H groups in total. The lowest BCUT2D eigenvalue weighted by Crippen LogP contribution is -2.38. The molecule has 0 spiro atoms. The van der Waals surface area contributed by atoms with E-state index < -0.39 is 28.1 Å². The van der Waals surface area contributed by atoms with Gasteiger partial charge in [-0.2, -0.15) is 0 Å². The van der Waals surface area contributed by atoms with Crippen LogP contribution in [0.1, 0.15) is 19.8 Å². The van der Waals surface area contributed by atoms with E-state index in [4.69, 9.17) is 5.73 Å². The second-order valence-corrected chi connectivity index (χ2v) is 8.91. The highest BCUT2D eigenvalue weighted by atomic mass is 32.2. The van der Waals surface area contributed by atoms with Crippen LogP contribution in [0.3, 0.4) is 0 Å². The van der Waals surface area contributed by atoms with E-state index in [-0.39, 0.29) is 22.3 Å². The number of benzene rings is 1. The molecule has 28 heavy (non-hydrogen) atoms. The third-order valence-corrected chi connectivity index (χ3v) is 6.19. The number of β-amino-alcohol motifs (C(OH)–C–C–N with tert-alkyl or cyclic N) is 1. The van der Waals surface area contributed by atoms with Crippen molar-refractivity contribution in [1.29, 1.82) is 0 Å². The van der Waals surface area contributed by atoms with Gasteiger partial charge in [-0.05, 0) is 50.1 Å². The van der Waals surface area contributed by atoms with Crippen molar-refractivity contribution in [3.63, 3.8) is 0 Å². The number of hydrogen-bond donors (Lipinski definition) is 2. The van der Waals surface area contributed by atoms with Crippen LogP contribution in [0.4, 0.5) is 13.2 Å². The van der Waals surface area contributed by atoms with Crippen LogP contribution < -0.4 is 10.5 Å². The van der Waals surface area contributed by atoms with Gasteiger partial charge in [-0.15, -0.1) is 13.2 Å². The van der Waals surface area contributed by atoms with E-state index in [1.165, 1.54) is 6.08 Å². The highest BCUT2D eigenvalue weighted by Crippen LogP contribution is 2.44. The molecule has 3 rings (SSSR count). The van der Waals surface area contributed by atoms with E-state index in [0.29, 0.717) is 17.9 Å². The van der Waals surface area contributed by atoms with Crippen molar-refractivity contribution in [1.82, 2.24) is 4.90 Å². The second kappa shape index (κ2) is 7.32. The molecule has 154 valence electrons. The molecule has 1 aliphatic heterocycles. The maximum atomic E-state index is 13.2. The fourth-order valence-corrected chi connectivity index (χ4v) is 4.84. The van der Waals surface area contributed by atoms with Crippen molar-refractivity contribution in [3.05, 3.63) is 46.6 Å². The van der Waals surface area contributed by atoms with Crippen molar-refractivity contribution < 1.29 is 31.4 Å². The van der Waals surface area contributed by atoms with Crippen molar-refractivity contribution in [2.75, 3.05) is 13.1 Å². The number of aliphatic hydroxyl groups excluding tert-OH is 1. The van der Waals surface area contributed by atoms with Gasteiger partial charge in [0, 0.05) is 23.9 Å². The van der Waals surface area contributed by atoms with Crippen LogP contribution in [0, 0.1) is 5.92 Å². The zero-order valence-corrected chi connectivity index (χ0v) is 15.9. The fraction of sp³-hybridized carbons (Fsp3) is 0.444. The summed E-state index contributed by atoms with van der Waals surface area (Å²) in [6.45, 7) is 2.15. The number of ether oxygens (including phenoxy) is 1. The van der Waals surface area contributed by atoms with Crippen LogP contribution >= 0.6 is 0 Å². The Morgan fingerprint density at radius 3 is 2.39 bits per heavy atom. The molecule has 1 unspecified atom stereocenters. The number of halogens is 3. The van der Waals surface area contributed by atoms with Gasteiger partial charge in [-0.3, -0.25) is 0 Å². The minimum atomic E-state index is -4.86. The molecule has 0 amide bonds. The van der Waals surface area contributed by atoms with Gasteiger partial charge >= 0.3 is 6.36 Å². The Morgan fingerprint density at radius 2 is 1.89 bits per heavy atom. The summed E-state index contributed by atoms with van der Waals surface area (Å²) in [4.78, 5) is 1.65. The normalized spacial score (nSPS) is 19.5. The van der Waals surface area contributed by atoms with Gasteiger partial charge in [-0.25, -0.2) is 8.42 Å². The summed E-state index contributed by atoms with van der Waals surface area (Å²) < 4.78 is 67.1. The molecule has 1 heterocycles. The number of rotatable bonds is 6. The van der Waals surface area contributed by atoms with Gasteiger partial charge in [0.2, 0.25) is 9.84 Å². The maximum absolute atomic E-state index is 13.2. The van der Waals surface area contributed by atoms with E-state index >= 15 is 0 Å². The molecule has 6 nitrogen and oxygen atoms in total. The van der Waals surface area contributed by atoms with Crippen LogP contribution in [-0.2, 0) is 9.84 Å². The standard InChI is InChI=1S/C18H21F3N2O4S/c1-11(24)9-23-10-13(22)8-16(17(23)12-2-3-12)28(25,26)15-6-4-14(5-7-15)27-18(19,20)21/h4-8,11-12,24H,2-3,9-10,22H2,1H3. The molecule has 1 atom stereocenters. The number of hydrogen-bond acceptors (Lipinski definition) is 6. The lowest BCUT2D eigenvalue weighted by atomic mass is 10.1. The molecule has 1 aromatic rings. The minimum Gasteiger partial charge on any atom is -0.406 e. The topological polar surface area (TPSA) is 92.9 Å². The van der Waals surface area contributed by atoms with Gasteiger partial charge < -0.3 is 20.5 Å². The van der Waals surface area contributed by atoms with E-state index in [0.717, 1.165) is 37.1 Å². The zero-order valence-electron chi connectivity index (χ0n) is 15.1. The van der Waals surface area contributed by atoms with Gasteiger partial charge in [0.25, 0.3) is 0 Å². The summed E-state index contributed by atoms with van der Waals surface area (Å²) in [7, 11) is -4.02. The fourth-order valence-electron chi connectivity index (χ4n) is 3.21. The largest absolute Gasteiger partial charge is 0.573 e.